The fourth-order valence-electron chi connectivity index (χ4n) is 1.17. The van der Waals surface area contributed by atoms with Gasteiger partial charge in [-0.1, -0.05) is 36.4 Å². The van der Waals surface area contributed by atoms with Gasteiger partial charge in [0.05, 0.1) is 0 Å². The molecule has 1 aromatic rings. The van der Waals surface area contributed by atoms with E-state index in [0.29, 0.717) is 0 Å². The predicted octanol–water partition coefficient (Wildman–Crippen LogP) is 3.06. The van der Waals surface area contributed by atoms with Crippen molar-refractivity contribution >= 4 is 6.08 Å². The van der Waals surface area contributed by atoms with E-state index in [9.17, 15) is 0 Å². The molecule has 1 rings (SSSR count). The third-order valence-corrected chi connectivity index (χ3v) is 1.81. The first-order valence-electron chi connectivity index (χ1n) is 4.51. The lowest BCUT2D eigenvalue weighted by Gasteiger charge is -1.94. The summed E-state index contributed by atoms with van der Waals surface area (Å²) in [4.78, 5) is 0. The fourth-order valence-corrected chi connectivity index (χ4v) is 1.17. The van der Waals surface area contributed by atoms with Crippen molar-refractivity contribution in [3.05, 3.63) is 53.1 Å². The van der Waals surface area contributed by atoms with Crippen LogP contribution in [0.3, 0.4) is 0 Å². The summed E-state index contributed by atoms with van der Waals surface area (Å²) in [5.41, 5.74) is 2.07. The first-order chi connectivity index (χ1) is 7.26. The Kier molecular flexibility index (Phi) is 3.89. The summed E-state index contributed by atoms with van der Waals surface area (Å²) in [5.74, 6) is 0. The molecule has 0 aromatic heterocycles. The molecule has 0 unspecified atom stereocenters. The molecule has 15 heavy (non-hydrogen) atoms. The second-order valence-corrected chi connectivity index (χ2v) is 3.08. The van der Waals surface area contributed by atoms with E-state index in [0.717, 1.165) is 11.1 Å². The molecule has 2 nitrogen and oxygen atoms in total. The van der Waals surface area contributed by atoms with Gasteiger partial charge in [0.1, 0.15) is 17.7 Å². The summed E-state index contributed by atoms with van der Waals surface area (Å²) in [6.07, 6.45) is 3.50. The molecule has 72 valence electrons. The van der Waals surface area contributed by atoms with E-state index in [1.165, 1.54) is 0 Å². The van der Waals surface area contributed by atoms with E-state index < -0.39 is 0 Å². The fraction of sp³-hybridized carbons (Fsp3) is 0.0769. The second kappa shape index (κ2) is 5.42. The van der Waals surface area contributed by atoms with Crippen LogP contribution in [0.2, 0.25) is 0 Å². The molecule has 0 bridgehead atoms. The second-order valence-electron chi connectivity index (χ2n) is 3.08. The maximum Gasteiger partial charge on any atom is 0.129 e. The molecule has 0 saturated carbocycles. The van der Waals surface area contributed by atoms with E-state index in [4.69, 9.17) is 10.5 Å². The zero-order chi connectivity index (χ0) is 11.1. The molecule has 0 spiro atoms. The monoisotopic (exact) mass is 194 g/mol. The molecular weight excluding hydrogens is 184 g/mol. The number of rotatable bonds is 2. The van der Waals surface area contributed by atoms with Gasteiger partial charge in [-0.15, -0.1) is 0 Å². The molecule has 1 aromatic carbocycles. The van der Waals surface area contributed by atoms with Crippen molar-refractivity contribution in [1.82, 2.24) is 0 Å². The zero-order valence-corrected chi connectivity index (χ0v) is 8.44. The van der Waals surface area contributed by atoms with Gasteiger partial charge in [-0.2, -0.15) is 10.5 Å². The summed E-state index contributed by atoms with van der Waals surface area (Å²) < 4.78 is 0. The third-order valence-electron chi connectivity index (χ3n) is 1.81. The van der Waals surface area contributed by atoms with Gasteiger partial charge in [0.2, 0.25) is 0 Å². The van der Waals surface area contributed by atoms with Gasteiger partial charge in [0.15, 0.2) is 0 Å². The van der Waals surface area contributed by atoms with Crippen molar-refractivity contribution in [3.63, 3.8) is 0 Å². The Labute approximate surface area is 89.4 Å². The highest BCUT2D eigenvalue weighted by molar-refractivity contribution is 5.57. The molecule has 0 N–H and O–H groups in total. The predicted molar refractivity (Wildman–Crippen MR) is 59.4 cm³/mol. The van der Waals surface area contributed by atoms with Crippen LogP contribution < -0.4 is 0 Å². The minimum atomic E-state index is 0.125. The Hall–Kier alpha value is -2.32. The van der Waals surface area contributed by atoms with E-state index in [1.807, 2.05) is 55.5 Å². The molecular formula is C13H10N2. The highest BCUT2D eigenvalue weighted by Gasteiger charge is 1.92. The van der Waals surface area contributed by atoms with Gasteiger partial charge in [0.25, 0.3) is 0 Å². The number of nitriles is 2. The highest BCUT2D eigenvalue weighted by atomic mass is 14.3. The van der Waals surface area contributed by atoms with Crippen LogP contribution in [-0.2, 0) is 0 Å². The SMILES string of the molecule is C/C(C=C(C#N)C#N)=C\c1ccccc1. The normalized spacial score (nSPS) is 9.93. The molecule has 0 aliphatic heterocycles. The van der Waals surface area contributed by atoms with Crippen LogP contribution in [0, 0.1) is 22.7 Å². The first kappa shape index (κ1) is 10.8. The number of hydrogen-bond donors (Lipinski definition) is 0. The zero-order valence-electron chi connectivity index (χ0n) is 8.44. The molecule has 2 heteroatoms. The summed E-state index contributed by atoms with van der Waals surface area (Å²) in [6, 6.07) is 13.4. The van der Waals surface area contributed by atoms with Crippen molar-refractivity contribution in [1.29, 1.82) is 10.5 Å². The van der Waals surface area contributed by atoms with E-state index in [-0.39, 0.29) is 5.57 Å². The third kappa shape index (κ3) is 3.50. The van der Waals surface area contributed by atoms with Gasteiger partial charge in [0, 0.05) is 0 Å². The maximum atomic E-state index is 8.57. The van der Waals surface area contributed by atoms with Crippen LogP contribution in [0.4, 0.5) is 0 Å². The smallest absolute Gasteiger partial charge is 0.129 e. The Morgan fingerprint density at radius 3 is 2.27 bits per heavy atom. The Bertz CT molecular complexity index is 451. The van der Waals surface area contributed by atoms with Gasteiger partial charge < -0.3 is 0 Å². The Morgan fingerprint density at radius 2 is 1.73 bits per heavy atom. The summed E-state index contributed by atoms with van der Waals surface area (Å²) in [5, 5.41) is 17.1. The number of nitrogens with zero attached hydrogens (tertiary/aromatic N) is 2. The molecule has 0 amide bonds. The van der Waals surface area contributed by atoms with Gasteiger partial charge >= 0.3 is 0 Å². The van der Waals surface area contributed by atoms with Crippen LogP contribution in [0.1, 0.15) is 12.5 Å². The molecule has 0 radical (unpaired) electrons. The molecule has 0 fully saturated rings. The lowest BCUT2D eigenvalue weighted by molar-refractivity contribution is 1.44. The lowest BCUT2D eigenvalue weighted by Crippen LogP contribution is -1.76. The van der Waals surface area contributed by atoms with Crippen LogP contribution in [0.5, 0.6) is 0 Å². The average molecular weight is 194 g/mol. The van der Waals surface area contributed by atoms with Gasteiger partial charge in [-0.25, -0.2) is 0 Å². The van der Waals surface area contributed by atoms with Crippen molar-refractivity contribution in [2.75, 3.05) is 0 Å². The van der Waals surface area contributed by atoms with Crippen molar-refractivity contribution < 1.29 is 0 Å². The first-order valence-corrected chi connectivity index (χ1v) is 4.51. The lowest BCUT2D eigenvalue weighted by atomic mass is 10.1. The minimum Gasteiger partial charge on any atom is -0.192 e. The number of hydrogen-bond acceptors (Lipinski definition) is 2. The summed E-state index contributed by atoms with van der Waals surface area (Å²) in [6.45, 7) is 1.86. The highest BCUT2D eigenvalue weighted by Crippen LogP contribution is 2.08. The standard InChI is InChI=1S/C13H10N2/c1-11(8-13(9-14)10-15)7-12-5-3-2-4-6-12/h2-8H,1H3/b11-7+. The molecule has 0 aliphatic rings. The summed E-state index contributed by atoms with van der Waals surface area (Å²) in [7, 11) is 0. The van der Waals surface area contributed by atoms with Crippen molar-refractivity contribution in [2.45, 2.75) is 6.92 Å². The minimum absolute atomic E-state index is 0.125. The summed E-state index contributed by atoms with van der Waals surface area (Å²) >= 11 is 0. The molecule has 0 saturated heterocycles. The van der Waals surface area contributed by atoms with Crippen molar-refractivity contribution in [2.24, 2.45) is 0 Å². The molecule has 0 aliphatic carbocycles. The van der Waals surface area contributed by atoms with Gasteiger partial charge in [-0.05, 0) is 24.1 Å². The average Bonchev–Trinajstić information content (AvgIpc) is 2.27. The van der Waals surface area contributed by atoms with E-state index in [2.05, 4.69) is 0 Å². The van der Waals surface area contributed by atoms with Crippen molar-refractivity contribution in [3.8, 4) is 12.1 Å². The molecule has 0 heterocycles. The van der Waals surface area contributed by atoms with Crippen LogP contribution in [0.25, 0.3) is 6.08 Å². The largest absolute Gasteiger partial charge is 0.192 e. The Balaban J connectivity index is 2.93. The number of benzene rings is 1. The number of allylic oxidation sites excluding steroid dienone is 3. The quantitative estimate of drug-likeness (QED) is 0.536. The topological polar surface area (TPSA) is 47.6 Å². The van der Waals surface area contributed by atoms with Crippen LogP contribution >= 0.6 is 0 Å². The maximum absolute atomic E-state index is 8.57. The van der Waals surface area contributed by atoms with E-state index in [1.54, 1.807) is 6.08 Å². The van der Waals surface area contributed by atoms with E-state index >= 15 is 0 Å². The molecule has 0 atom stereocenters. The van der Waals surface area contributed by atoms with Gasteiger partial charge in [-0.3, -0.25) is 0 Å². The van der Waals surface area contributed by atoms with Crippen LogP contribution in [-0.4, -0.2) is 0 Å². The van der Waals surface area contributed by atoms with Crippen LogP contribution in [0.15, 0.2) is 47.6 Å². The Morgan fingerprint density at radius 1 is 1.13 bits per heavy atom.